The normalized spacial score (nSPS) is 10.8. The van der Waals surface area contributed by atoms with Gasteiger partial charge < -0.3 is 5.32 Å². The molecule has 0 aliphatic heterocycles. The minimum atomic E-state index is -3.69. The number of nitrogens with one attached hydrogen (secondary N) is 2. The largest absolute Gasteiger partial charge is 0.325 e. The van der Waals surface area contributed by atoms with Gasteiger partial charge in [-0.3, -0.25) is 9.52 Å². The molecule has 3 rings (SSSR count). The molecule has 0 heterocycles. The lowest BCUT2D eigenvalue weighted by atomic mass is 10.1. The van der Waals surface area contributed by atoms with E-state index in [1.54, 1.807) is 54.6 Å². The van der Waals surface area contributed by atoms with Gasteiger partial charge in [-0.15, -0.1) is 0 Å². The minimum Gasteiger partial charge on any atom is -0.325 e. The summed E-state index contributed by atoms with van der Waals surface area (Å²) in [6.45, 7) is 3.62. The van der Waals surface area contributed by atoms with Crippen molar-refractivity contribution in [3.8, 4) is 6.07 Å². The molecule has 0 fully saturated rings. The lowest BCUT2D eigenvalue weighted by Gasteiger charge is -2.15. The number of carbonyl (C=O) groups excluding carboxylic acids is 1. The lowest BCUT2D eigenvalue weighted by molar-refractivity contribution is -0.115. The van der Waals surface area contributed by atoms with Crippen molar-refractivity contribution in [1.29, 1.82) is 5.26 Å². The monoisotopic (exact) mass is 419 g/mol. The fourth-order valence-corrected chi connectivity index (χ4v) is 4.16. The maximum Gasteiger partial charge on any atom is 0.261 e. The summed E-state index contributed by atoms with van der Waals surface area (Å²) in [6, 6.07) is 20.4. The Balaban J connectivity index is 1.74. The number of aryl methyl sites for hydroxylation is 2. The molecule has 0 spiro atoms. The first-order valence-corrected chi connectivity index (χ1v) is 10.7. The number of carbonyl (C=O) groups is 1. The van der Waals surface area contributed by atoms with E-state index in [-0.39, 0.29) is 17.2 Å². The highest BCUT2D eigenvalue weighted by molar-refractivity contribution is 7.92. The van der Waals surface area contributed by atoms with Crippen LogP contribution in [0.2, 0.25) is 0 Å². The number of anilines is 2. The predicted molar refractivity (Wildman–Crippen MR) is 117 cm³/mol. The van der Waals surface area contributed by atoms with Crippen molar-refractivity contribution >= 4 is 27.3 Å². The highest BCUT2D eigenvalue weighted by Gasteiger charge is 2.16. The number of benzene rings is 3. The number of hydrogen-bond acceptors (Lipinski definition) is 4. The Kier molecular flexibility index (Phi) is 6.19. The first kappa shape index (κ1) is 21.1. The molecule has 3 aromatic rings. The van der Waals surface area contributed by atoms with Crippen LogP contribution in [0.3, 0.4) is 0 Å². The van der Waals surface area contributed by atoms with Gasteiger partial charge in [0.25, 0.3) is 10.0 Å². The Bertz CT molecular complexity index is 1190. The van der Waals surface area contributed by atoms with E-state index in [0.717, 1.165) is 16.7 Å². The van der Waals surface area contributed by atoms with Crippen molar-refractivity contribution in [2.75, 3.05) is 10.0 Å². The van der Waals surface area contributed by atoms with Gasteiger partial charge in [-0.1, -0.05) is 30.3 Å². The molecule has 0 aliphatic carbocycles. The van der Waals surface area contributed by atoms with Crippen LogP contribution in [0.15, 0.2) is 71.6 Å². The molecule has 0 saturated carbocycles. The third kappa shape index (κ3) is 5.04. The summed E-state index contributed by atoms with van der Waals surface area (Å²) >= 11 is 0. The second kappa shape index (κ2) is 8.80. The standard InChI is InChI=1S/C23H21N3O3S/c1-16-12-20(26-30(28,29)21-6-4-3-5-7-21)13-17(2)23(16)25-22(27)14-18-8-10-19(15-24)11-9-18/h3-13,26H,14H2,1-2H3,(H,25,27). The van der Waals surface area contributed by atoms with E-state index in [1.165, 1.54) is 12.1 Å². The summed E-state index contributed by atoms with van der Waals surface area (Å²) in [6.07, 6.45) is 0.174. The average Bonchev–Trinajstić information content (AvgIpc) is 2.72. The molecule has 0 unspecified atom stereocenters. The van der Waals surface area contributed by atoms with Gasteiger partial charge >= 0.3 is 0 Å². The Morgan fingerprint density at radius 3 is 2.13 bits per heavy atom. The summed E-state index contributed by atoms with van der Waals surface area (Å²) in [4.78, 5) is 12.6. The Hall–Kier alpha value is -3.63. The molecular formula is C23H21N3O3S. The average molecular weight is 420 g/mol. The molecule has 2 N–H and O–H groups in total. The molecule has 6 nitrogen and oxygen atoms in total. The van der Waals surface area contributed by atoms with Gasteiger partial charge in [0.1, 0.15) is 0 Å². The molecule has 1 amide bonds. The van der Waals surface area contributed by atoms with E-state index in [4.69, 9.17) is 5.26 Å². The zero-order chi connectivity index (χ0) is 21.7. The smallest absolute Gasteiger partial charge is 0.261 e. The molecule has 0 atom stereocenters. The van der Waals surface area contributed by atoms with Crippen molar-refractivity contribution < 1.29 is 13.2 Å². The van der Waals surface area contributed by atoms with Crippen LogP contribution in [0.25, 0.3) is 0 Å². The fourth-order valence-electron chi connectivity index (χ4n) is 3.10. The Labute approximate surface area is 176 Å². The zero-order valence-electron chi connectivity index (χ0n) is 16.6. The molecule has 0 aliphatic rings. The molecule has 7 heteroatoms. The SMILES string of the molecule is Cc1cc(NS(=O)(=O)c2ccccc2)cc(C)c1NC(=O)Cc1ccc(C#N)cc1. The van der Waals surface area contributed by atoms with Gasteiger partial charge in [0.15, 0.2) is 0 Å². The van der Waals surface area contributed by atoms with Gasteiger partial charge in [0.2, 0.25) is 5.91 Å². The summed E-state index contributed by atoms with van der Waals surface area (Å²) in [5.74, 6) is -0.191. The third-order valence-corrected chi connectivity index (χ3v) is 5.95. The maximum absolute atomic E-state index is 12.5. The summed E-state index contributed by atoms with van der Waals surface area (Å²) in [7, 11) is -3.69. The second-order valence-corrected chi connectivity index (χ2v) is 8.62. The van der Waals surface area contributed by atoms with Crippen LogP contribution >= 0.6 is 0 Å². The van der Waals surface area contributed by atoms with Gasteiger partial charge in [0.05, 0.1) is 22.9 Å². The zero-order valence-corrected chi connectivity index (χ0v) is 17.5. The van der Waals surface area contributed by atoms with Crippen LogP contribution in [0, 0.1) is 25.2 Å². The second-order valence-electron chi connectivity index (χ2n) is 6.94. The number of amides is 1. The molecule has 0 saturated heterocycles. The first-order valence-electron chi connectivity index (χ1n) is 9.26. The van der Waals surface area contributed by atoms with Crippen LogP contribution in [-0.2, 0) is 21.2 Å². The van der Waals surface area contributed by atoms with Crippen molar-refractivity contribution in [3.63, 3.8) is 0 Å². The van der Waals surface area contributed by atoms with E-state index in [0.29, 0.717) is 16.9 Å². The number of rotatable bonds is 6. The van der Waals surface area contributed by atoms with E-state index in [2.05, 4.69) is 10.0 Å². The van der Waals surface area contributed by atoms with Crippen LogP contribution < -0.4 is 10.0 Å². The number of nitriles is 1. The summed E-state index contributed by atoms with van der Waals surface area (Å²) in [5, 5.41) is 11.7. The maximum atomic E-state index is 12.5. The van der Waals surface area contributed by atoms with Crippen LogP contribution in [0.5, 0.6) is 0 Å². The topological polar surface area (TPSA) is 99.1 Å². The van der Waals surface area contributed by atoms with Gasteiger partial charge in [-0.2, -0.15) is 5.26 Å². The molecule has 0 bridgehead atoms. The number of nitrogens with zero attached hydrogens (tertiary/aromatic N) is 1. The molecule has 152 valence electrons. The van der Waals surface area contributed by atoms with E-state index < -0.39 is 10.0 Å². The van der Waals surface area contributed by atoms with Crippen LogP contribution in [-0.4, -0.2) is 14.3 Å². The van der Waals surface area contributed by atoms with Crippen molar-refractivity contribution in [3.05, 3.63) is 89.0 Å². The Morgan fingerprint density at radius 2 is 1.57 bits per heavy atom. The highest BCUT2D eigenvalue weighted by atomic mass is 32.2. The minimum absolute atomic E-state index is 0.174. The number of hydrogen-bond donors (Lipinski definition) is 2. The third-order valence-electron chi connectivity index (χ3n) is 4.55. The fraction of sp³-hybridized carbons (Fsp3) is 0.130. The molecular weight excluding hydrogens is 398 g/mol. The van der Waals surface area contributed by atoms with Gasteiger partial charge in [-0.05, 0) is 66.9 Å². The first-order chi connectivity index (χ1) is 14.3. The van der Waals surface area contributed by atoms with Crippen molar-refractivity contribution in [1.82, 2.24) is 0 Å². The highest BCUT2D eigenvalue weighted by Crippen LogP contribution is 2.27. The van der Waals surface area contributed by atoms with Crippen LogP contribution in [0.1, 0.15) is 22.3 Å². The Morgan fingerprint density at radius 1 is 0.967 bits per heavy atom. The molecule has 3 aromatic carbocycles. The molecule has 30 heavy (non-hydrogen) atoms. The summed E-state index contributed by atoms with van der Waals surface area (Å²) < 4.78 is 27.7. The van der Waals surface area contributed by atoms with Gasteiger partial charge in [-0.25, -0.2) is 8.42 Å². The van der Waals surface area contributed by atoms with Crippen molar-refractivity contribution in [2.24, 2.45) is 0 Å². The summed E-state index contributed by atoms with van der Waals surface area (Å²) in [5.41, 5.74) is 3.91. The molecule has 0 aromatic heterocycles. The van der Waals surface area contributed by atoms with Crippen LogP contribution in [0.4, 0.5) is 11.4 Å². The molecule has 0 radical (unpaired) electrons. The van der Waals surface area contributed by atoms with Gasteiger partial charge in [0, 0.05) is 11.4 Å². The van der Waals surface area contributed by atoms with E-state index in [9.17, 15) is 13.2 Å². The van der Waals surface area contributed by atoms with E-state index >= 15 is 0 Å². The quantitative estimate of drug-likeness (QED) is 0.627. The van der Waals surface area contributed by atoms with Crippen molar-refractivity contribution in [2.45, 2.75) is 25.2 Å². The van der Waals surface area contributed by atoms with E-state index in [1.807, 2.05) is 19.9 Å². The lowest BCUT2D eigenvalue weighted by Crippen LogP contribution is -2.17. The predicted octanol–water partition coefficient (Wildman–Crippen LogP) is 4.16. The number of sulfonamides is 1.